The number of hydrogen-bond acceptors (Lipinski definition) is 6. The molecule has 2 aromatic rings. The van der Waals surface area contributed by atoms with Gasteiger partial charge in [0.2, 0.25) is 0 Å². The first-order valence-corrected chi connectivity index (χ1v) is 6.17. The second kappa shape index (κ2) is 4.51. The minimum absolute atomic E-state index is 0.0219. The van der Waals surface area contributed by atoms with Crippen LogP contribution in [0, 0.1) is 16.0 Å². The summed E-state index contributed by atoms with van der Waals surface area (Å²) in [5.74, 6) is 0.462. The van der Waals surface area contributed by atoms with Gasteiger partial charge in [-0.2, -0.15) is 4.98 Å². The predicted octanol–water partition coefficient (Wildman–Crippen LogP) is 1.52. The van der Waals surface area contributed by atoms with E-state index in [1.54, 1.807) is 6.07 Å². The molecule has 0 radical (unpaired) electrons. The second-order valence-corrected chi connectivity index (χ2v) is 4.74. The SMILES string of the molecule is NCC1CCN(c2nc3cc([N+](=O)[O-])ccc3o2)C1. The number of benzene rings is 1. The lowest BCUT2D eigenvalue weighted by Gasteiger charge is -2.12. The average molecular weight is 262 g/mol. The van der Waals surface area contributed by atoms with Crippen molar-refractivity contribution in [2.75, 3.05) is 24.5 Å². The maximum absolute atomic E-state index is 10.7. The highest BCUT2D eigenvalue weighted by Crippen LogP contribution is 2.28. The Morgan fingerprint density at radius 2 is 2.42 bits per heavy atom. The van der Waals surface area contributed by atoms with Gasteiger partial charge in [0.1, 0.15) is 5.52 Å². The Morgan fingerprint density at radius 3 is 3.11 bits per heavy atom. The van der Waals surface area contributed by atoms with Crippen LogP contribution in [0.3, 0.4) is 0 Å². The molecule has 0 spiro atoms. The van der Waals surface area contributed by atoms with E-state index in [9.17, 15) is 10.1 Å². The molecule has 0 saturated carbocycles. The Balaban J connectivity index is 1.91. The van der Waals surface area contributed by atoms with Crippen LogP contribution in [0.1, 0.15) is 6.42 Å². The van der Waals surface area contributed by atoms with Gasteiger partial charge in [0.25, 0.3) is 11.7 Å². The Labute approximate surface area is 109 Å². The zero-order valence-corrected chi connectivity index (χ0v) is 10.3. The van der Waals surface area contributed by atoms with Crippen molar-refractivity contribution in [3.05, 3.63) is 28.3 Å². The first-order valence-electron chi connectivity index (χ1n) is 6.17. The molecule has 1 aromatic heterocycles. The molecule has 1 aliphatic heterocycles. The third-order valence-corrected chi connectivity index (χ3v) is 3.46. The third-order valence-electron chi connectivity index (χ3n) is 3.46. The van der Waals surface area contributed by atoms with Crippen LogP contribution in [0.5, 0.6) is 0 Å². The summed E-state index contributed by atoms with van der Waals surface area (Å²) < 4.78 is 5.63. The van der Waals surface area contributed by atoms with E-state index >= 15 is 0 Å². The number of non-ortho nitro benzene ring substituents is 1. The van der Waals surface area contributed by atoms with Gasteiger partial charge in [-0.3, -0.25) is 10.1 Å². The molecule has 2 heterocycles. The lowest BCUT2D eigenvalue weighted by Crippen LogP contribution is -2.22. The summed E-state index contributed by atoms with van der Waals surface area (Å²) in [6, 6.07) is 4.95. The van der Waals surface area contributed by atoms with Crippen LogP contribution in [0.15, 0.2) is 22.6 Å². The van der Waals surface area contributed by atoms with E-state index in [0.717, 1.165) is 19.5 Å². The van der Waals surface area contributed by atoms with Gasteiger partial charge in [-0.25, -0.2) is 0 Å². The Kier molecular flexibility index (Phi) is 2.83. The number of nitrogens with zero attached hydrogens (tertiary/aromatic N) is 3. The number of hydrogen-bond donors (Lipinski definition) is 1. The summed E-state index contributed by atoms with van der Waals surface area (Å²) in [7, 11) is 0. The number of nitrogens with two attached hydrogens (primary N) is 1. The highest BCUT2D eigenvalue weighted by atomic mass is 16.6. The van der Waals surface area contributed by atoms with Crippen LogP contribution in [0.25, 0.3) is 11.1 Å². The van der Waals surface area contributed by atoms with Crippen LogP contribution in [0.4, 0.5) is 11.7 Å². The smallest absolute Gasteiger partial charge is 0.298 e. The Hall–Kier alpha value is -2.15. The van der Waals surface area contributed by atoms with Gasteiger partial charge in [0, 0.05) is 25.2 Å². The zero-order chi connectivity index (χ0) is 13.4. The highest BCUT2D eigenvalue weighted by Gasteiger charge is 2.25. The first kappa shape index (κ1) is 11.9. The van der Waals surface area contributed by atoms with E-state index in [0.29, 0.717) is 29.6 Å². The molecule has 7 heteroatoms. The monoisotopic (exact) mass is 262 g/mol. The summed E-state index contributed by atoms with van der Waals surface area (Å²) in [5, 5.41) is 10.7. The van der Waals surface area contributed by atoms with Crippen LogP contribution in [-0.2, 0) is 0 Å². The number of oxazole rings is 1. The van der Waals surface area contributed by atoms with Crippen molar-refractivity contribution >= 4 is 22.8 Å². The molecular formula is C12H14N4O3. The van der Waals surface area contributed by atoms with E-state index in [-0.39, 0.29) is 5.69 Å². The average Bonchev–Trinajstić information content (AvgIpc) is 3.03. The van der Waals surface area contributed by atoms with E-state index in [4.69, 9.17) is 10.2 Å². The number of aromatic nitrogens is 1. The number of anilines is 1. The molecule has 0 aliphatic carbocycles. The van der Waals surface area contributed by atoms with Crippen molar-refractivity contribution in [2.24, 2.45) is 11.7 Å². The maximum atomic E-state index is 10.7. The molecule has 1 aliphatic rings. The van der Waals surface area contributed by atoms with E-state index in [1.807, 2.05) is 4.90 Å². The lowest BCUT2D eigenvalue weighted by molar-refractivity contribution is -0.384. The molecule has 1 saturated heterocycles. The van der Waals surface area contributed by atoms with E-state index in [1.165, 1.54) is 12.1 Å². The van der Waals surface area contributed by atoms with Crippen LogP contribution in [-0.4, -0.2) is 29.5 Å². The zero-order valence-electron chi connectivity index (χ0n) is 10.3. The number of nitro benzene ring substituents is 1. The van der Waals surface area contributed by atoms with Crippen molar-refractivity contribution in [3.63, 3.8) is 0 Å². The summed E-state index contributed by atoms with van der Waals surface area (Å²) in [5.41, 5.74) is 6.75. The maximum Gasteiger partial charge on any atom is 0.298 e. The van der Waals surface area contributed by atoms with Gasteiger partial charge in [0.15, 0.2) is 5.58 Å². The highest BCUT2D eigenvalue weighted by molar-refractivity contribution is 5.77. The summed E-state index contributed by atoms with van der Waals surface area (Å²) in [4.78, 5) is 16.6. The van der Waals surface area contributed by atoms with Gasteiger partial charge in [-0.1, -0.05) is 0 Å². The molecule has 1 atom stereocenters. The molecule has 100 valence electrons. The van der Waals surface area contributed by atoms with Gasteiger partial charge < -0.3 is 15.1 Å². The lowest BCUT2D eigenvalue weighted by atomic mass is 10.1. The van der Waals surface area contributed by atoms with Crippen molar-refractivity contribution in [1.29, 1.82) is 0 Å². The normalized spacial score (nSPS) is 19.2. The minimum atomic E-state index is -0.436. The molecule has 0 bridgehead atoms. The molecule has 1 fully saturated rings. The van der Waals surface area contributed by atoms with Gasteiger partial charge >= 0.3 is 0 Å². The van der Waals surface area contributed by atoms with Crippen LogP contribution in [0.2, 0.25) is 0 Å². The summed E-state index contributed by atoms with van der Waals surface area (Å²) in [6.07, 6.45) is 1.02. The van der Waals surface area contributed by atoms with Crippen molar-refractivity contribution in [3.8, 4) is 0 Å². The van der Waals surface area contributed by atoms with E-state index < -0.39 is 4.92 Å². The fourth-order valence-electron chi connectivity index (χ4n) is 2.35. The molecule has 3 rings (SSSR count). The van der Waals surface area contributed by atoms with Crippen molar-refractivity contribution < 1.29 is 9.34 Å². The molecule has 7 nitrogen and oxygen atoms in total. The summed E-state index contributed by atoms with van der Waals surface area (Å²) >= 11 is 0. The van der Waals surface area contributed by atoms with Gasteiger partial charge in [-0.15, -0.1) is 0 Å². The Morgan fingerprint density at radius 1 is 1.58 bits per heavy atom. The molecular weight excluding hydrogens is 248 g/mol. The third kappa shape index (κ3) is 2.12. The first-order chi connectivity index (χ1) is 9.17. The fraction of sp³-hybridized carbons (Fsp3) is 0.417. The number of fused-ring (bicyclic) bond motifs is 1. The standard InChI is InChI=1S/C12H14N4O3/c13-6-8-3-4-15(7-8)12-14-10-5-9(16(17)18)1-2-11(10)19-12/h1-2,5,8H,3-4,6-7,13H2. The molecule has 19 heavy (non-hydrogen) atoms. The van der Waals surface area contributed by atoms with Crippen molar-refractivity contribution in [2.45, 2.75) is 6.42 Å². The molecule has 2 N–H and O–H groups in total. The molecule has 0 amide bonds. The van der Waals surface area contributed by atoms with Crippen LogP contribution >= 0.6 is 0 Å². The Bertz CT molecular complexity index is 624. The van der Waals surface area contributed by atoms with Crippen molar-refractivity contribution in [1.82, 2.24) is 4.98 Å². The molecule has 1 aromatic carbocycles. The largest absolute Gasteiger partial charge is 0.423 e. The fourth-order valence-corrected chi connectivity index (χ4v) is 2.35. The quantitative estimate of drug-likeness (QED) is 0.665. The van der Waals surface area contributed by atoms with Gasteiger partial charge in [-0.05, 0) is 24.9 Å². The molecule has 1 unspecified atom stereocenters. The van der Waals surface area contributed by atoms with E-state index in [2.05, 4.69) is 4.98 Å². The summed E-state index contributed by atoms with van der Waals surface area (Å²) in [6.45, 7) is 2.34. The topological polar surface area (TPSA) is 98.4 Å². The second-order valence-electron chi connectivity index (χ2n) is 4.74. The number of rotatable bonds is 3. The minimum Gasteiger partial charge on any atom is -0.423 e. The number of nitro groups is 1. The predicted molar refractivity (Wildman–Crippen MR) is 70.0 cm³/mol. The van der Waals surface area contributed by atoms with Crippen LogP contribution < -0.4 is 10.6 Å². The van der Waals surface area contributed by atoms with Gasteiger partial charge in [0.05, 0.1) is 4.92 Å².